The molecule has 0 saturated carbocycles. The summed E-state index contributed by atoms with van der Waals surface area (Å²) >= 11 is 1.27. The Morgan fingerprint density at radius 3 is 2.66 bits per heavy atom. The lowest BCUT2D eigenvalue weighted by Gasteiger charge is -2.29. The first-order valence-electron chi connectivity index (χ1n) is 12.0. The molecule has 2 amide bonds. The van der Waals surface area contributed by atoms with Crippen LogP contribution in [-0.2, 0) is 4.79 Å². The minimum Gasteiger partial charge on any atom is -0.497 e. The number of anilines is 1. The van der Waals surface area contributed by atoms with Gasteiger partial charge in [0.25, 0.3) is 5.91 Å². The van der Waals surface area contributed by atoms with Gasteiger partial charge >= 0.3 is 0 Å². The number of hydrogen-bond acceptors (Lipinski definition) is 8. The van der Waals surface area contributed by atoms with E-state index in [-0.39, 0.29) is 37.6 Å². The quantitative estimate of drug-likeness (QED) is 0.318. The van der Waals surface area contributed by atoms with Gasteiger partial charge in [0.15, 0.2) is 11.5 Å². The molecular weight excluding hydrogens is 504 g/mol. The smallest absolute Gasteiger partial charge is 0.254 e. The summed E-state index contributed by atoms with van der Waals surface area (Å²) in [5, 5.41) is 12.1. The van der Waals surface area contributed by atoms with Crippen molar-refractivity contribution >= 4 is 28.3 Å². The minimum atomic E-state index is -0.262. The normalized spacial score (nSPS) is 12.6. The highest BCUT2D eigenvalue weighted by Crippen LogP contribution is 2.34. The van der Waals surface area contributed by atoms with Crippen molar-refractivity contribution in [3.63, 3.8) is 0 Å². The Morgan fingerprint density at radius 2 is 1.84 bits per heavy atom. The third kappa shape index (κ3) is 5.60. The van der Waals surface area contributed by atoms with Crippen LogP contribution in [0.2, 0.25) is 0 Å². The first-order valence-corrected chi connectivity index (χ1v) is 12.9. The molecule has 0 saturated heterocycles. The van der Waals surface area contributed by atoms with E-state index in [4.69, 9.17) is 14.2 Å². The number of carbonyl (C=O) groups excluding carboxylic acids is 2. The standard InChI is InChI=1S/C28H26N4O5S/c1-18(19-7-4-3-5-8-19)32(27(34)21-11-12-23-24(16-21)37-17-36-23)14-13-25(33)29-28-31-30-26(38-28)20-9-6-10-22(15-20)35-2/h3-12,15-16,18H,13-14,17H2,1-2H3,(H,29,31,33)/t18-/m1/s1. The Kier molecular flexibility index (Phi) is 7.50. The van der Waals surface area contributed by atoms with E-state index in [2.05, 4.69) is 15.5 Å². The number of hydrogen-bond donors (Lipinski definition) is 1. The van der Waals surface area contributed by atoms with Crippen LogP contribution in [0, 0.1) is 0 Å². The van der Waals surface area contributed by atoms with Crippen molar-refractivity contribution in [2.45, 2.75) is 19.4 Å². The summed E-state index contributed by atoms with van der Waals surface area (Å²) in [6.45, 7) is 2.28. The number of methoxy groups -OCH3 is 1. The topological polar surface area (TPSA) is 103 Å². The summed E-state index contributed by atoms with van der Waals surface area (Å²) in [4.78, 5) is 28.2. The van der Waals surface area contributed by atoms with Crippen LogP contribution >= 0.6 is 11.3 Å². The molecule has 38 heavy (non-hydrogen) atoms. The molecule has 4 aromatic rings. The Morgan fingerprint density at radius 1 is 1.03 bits per heavy atom. The molecule has 5 rings (SSSR count). The Hall–Kier alpha value is -4.44. The van der Waals surface area contributed by atoms with Gasteiger partial charge in [0.2, 0.25) is 17.8 Å². The van der Waals surface area contributed by atoms with E-state index in [1.54, 1.807) is 30.2 Å². The molecule has 9 nitrogen and oxygen atoms in total. The SMILES string of the molecule is COc1cccc(-c2nnc(NC(=O)CCN(C(=O)c3ccc4c(c3)OCO4)[C@H](C)c3ccccc3)s2)c1. The summed E-state index contributed by atoms with van der Waals surface area (Å²) in [5.74, 6) is 1.38. The second kappa shape index (κ2) is 11.3. The Balaban J connectivity index is 1.29. The fraction of sp³-hybridized carbons (Fsp3) is 0.214. The Bertz CT molecular complexity index is 1440. The van der Waals surface area contributed by atoms with Crippen LogP contribution < -0.4 is 19.5 Å². The fourth-order valence-electron chi connectivity index (χ4n) is 4.13. The van der Waals surface area contributed by atoms with Crippen LogP contribution in [0.4, 0.5) is 5.13 Å². The zero-order valence-corrected chi connectivity index (χ0v) is 21.7. The number of aromatic nitrogens is 2. The summed E-state index contributed by atoms with van der Waals surface area (Å²) in [7, 11) is 1.60. The van der Waals surface area contributed by atoms with Crippen molar-refractivity contribution in [3.8, 4) is 27.8 Å². The molecular formula is C28H26N4O5S. The summed E-state index contributed by atoms with van der Waals surface area (Å²) in [6.07, 6.45) is 0.0849. The number of carbonyl (C=O) groups is 2. The van der Waals surface area contributed by atoms with Gasteiger partial charge in [-0.05, 0) is 42.8 Å². The molecule has 0 spiro atoms. The van der Waals surface area contributed by atoms with Gasteiger partial charge in [-0.3, -0.25) is 9.59 Å². The van der Waals surface area contributed by atoms with Gasteiger partial charge in [0.1, 0.15) is 10.8 Å². The molecule has 0 unspecified atom stereocenters. The Labute approximate surface area is 224 Å². The van der Waals surface area contributed by atoms with Crippen LogP contribution in [0.25, 0.3) is 10.6 Å². The van der Waals surface area contributed by atoms with Gasteiger partial charge in [0.05, 0.1) is 13.2 Å². The van der Waals surface area contributed by atoms with E-state index in [1.165, 1.54) is 11.3 Å². The van der Waals surface area contributed by atoms with Crippen molar-refractivity contribution in [2.75, 3.05) is 25.8 Å². The van der Waals surface area contributed by atoms with E-state index >= 15 is 0 Å². The van der Waals surface area contributed by atoms with Gasteiger partial charge in [0, 0.05) is 24.1 Å². The van der Waals surface area contributed by atoms with Crippen molar-refractivity contribution in [3.05, 3.63) is 83.9 Å². The molecule has 3 aromatic carbocycles. The highest BCUT2D eigenvalue weighted by Gasteiger charge is 2.25. The summed E-state index contributed by atoms with van der Waals surface area (Å²) in [5.41, 5.74) is 2.28. The average Bonchev–Trinajstić information content (AvgIpc) is 3.62. The molecule has 0 aliphatic carbocycles. The zero-order chi connectivity index (χ0) is 26.5. The van der Waals surface area contributed by atoms with Gasteiger partial charge < -0.3 is 24.4 Å². The lowest BCUT2D eigenvalue weighted by atomic mass is 10.0. The van der Waals surface area contributed by atoms with Gasteiger partial charge in [-0.25, -0.2) is 0 Å². The molecule has 0 bridgehead atoms. The first kappa shape index (κ1) is 25.2. The highest BCUT2D eigenvalue weighted by atomic mass is 32.1. The van der Waals surface area contributed by atoms with Crippen LogP contribution in [0.3, 0.4) is 0 Å². The number of ether oxygens (including phenoxy) is 3. The number of nitrogens with zero attached hydrogens (tertiary/aromatic N) is 3. The van der Waals surface area contributed by atoms with Crippen molar-refractivity contribution < 1.29 is 23.8 Å². The van der Waals surface area contributed by atoms with E-state index in [0.717, 1.165) is 11.1 Å². The molecule has 0 radical (unpaired) electrons. The summed E-state index contributed by atoms with van der Waals surface area (Å²) in [6, 6.07) is 22.0. The number of fused-ring (bicyclic) bond motifs is 1. The van der Waals surface area contributed by atoms with Gasteiger partial charge in [-0.15, -0.1) is 10.2 Å². The molecule has 2 heterocycles. The second-order valence-electron chi connectivity index (χ2n) is 8.60. The van der Waals surface area contributed by atoms with Crippen molar-refractivity contribution in [2.24, 2.45) is 0 Å². The number of amides is 2. The van der Waals surface area contributed by atoms with E-state index < -0.39 is 0 Å². The molecule has 1 aliphatic rings. The third-order valence-corrected chi connectivity index (χ3v) is 7.09. The van der Waals surface area contributed by atoms with E-state index in [0.29, 0.717) is 33.0 Å². The van der Waals surface area contributed by atoms with Crippen LogP contribution in [0.1, 0.15) is 35.3 Å². The van der Waals surface area contributed by atoms with Gasteiger partial charge in [-0.2, -0.15) is 0 Å². The average molecular weight is 531 g/mol. The van der Waals surface area contributed by atoms with E-state index in [1.807, 2.05) is 61.5 Å². The zero-order valence-electron chi connectivity index (χ0n) is 20.9. The second-order valence-corrected chi connectivity index (χ2v) is 9.57. The van der Waals surface area contributed by atoms with Crippen molar-refractivity contribution in [1.29, 1.82) is 0 Å². The van der Waals surface area contributed by atoms with Crippen LogP contribution in [0.15, 0.2) is 72.8 Å². The number of rotatable bonds is 9. The van der Waals surface area contributed by atoms with Crippen molar-refractivity contribution in [1.82, 2.24) is 15.1 Å². The number of nitrogens with one attached hydrogen (secondary N) is 1. The maximum absolute atomic E-state index is 13.6. The van der Waals surface area contributed by atoms with Crippen LogP contribution in [-0.4, -0.2) is 47.4 Å². The molecule has 194 valence electrons. The minimum absolute atomic E-state index is 0.0849. The molecule has 0 fully saturated rings. The lowest BCUT2D eigenvalue weighted by Crippen LogP contribution is -2.36. The lowest BCUT2D eigenvalue weighted by molar-refractivity contribution is -0.116. The third-order valence-electron chi connectivity index (χ3n) is 6.20. The molecule has 10 heteroatoms. The predicted octanol–water partition coefficient (Wildman–Crippen LogP) is 5.17. The predicted molar refractivity (Wildman–Crippen MR) is 144 cm³/mol. The molecule has 1 atom stereocenters. The molecule has 1 aromatic heterocycles. The highest BCUT2D eigenvalue weighted by molar-refractivity contribution is 7.18. The molecule has 1 aliphatic heterocycles. The summed E-state index contributed by atoms with van der Waals surface area (Å²) < 4.78 is 16.1. The largest absolute Gasteiger partial charge is 0.497 e. The monoisotopic (exact) mass is 530 g/mol. The maximum atomic E-state index is 13.6. The fourth-order valence-corrected chi connectivity index (χ4v) is 4.88. The maximum Gasteiger partial charge on any atom is 0.254 e. The molecule has 1 N–H and O–H groups in total. The van der Waals surface area contributed by atoms with Crippen LogP contribution in [0.5, 0.6) is 17.2 Å². The first-order chi connectivity index (χ1) is 18.5. The number of benzene rings is 3. The van der Waals surface area contributed by atoms with E-state index in [9.17, 15) is 9.59 Å². The van der Waals surface area contributed by atoms with Gasteiger partial charge in [-0.1, -0.05) is 53.8 Å².